The lowest BCUT2D eigenvalue weighted by molar-refractivity contribution is 0.366. The minimum atomic E-state index is -0.330. The summed E-state index contributed by atoms with van der Waals surface area (Å²) in [6.07, 6.45) is 1.58. The van der Waals surface area contributed by atoms with Gasteiger partial charge in [0.15, 0.2) is 11.6 Å². The molecule has 0 saturated carbocycles. The number of rotatable bonds is 5. The Morgan fingerprint density at radius 2 is 2.33 bits per heavy atom. The Hall–Kier alpha value is -0.680. The molecule has 1 rings (SSSR count). The number of nitrogens with zero attached hydrogens (tertiary/aromatic N) is 2. The predicted molar refractivity (Wildman–Crippen MR) is 63.6 cm³/mol. The molecule has 1 aromatic heterocycles. The van der Waals surface area contributed by atoms with Crippen LogP contribution in [0.5, 0.6) is 0 Å². The van der Waals surface area contributed by atoms with E-state index >= 15 is 0 Å². The van der Waals surface area contributed by atoms with Gasteiger partial charge >= 0.3 is 0 Å². The standard InChI is InChI=1S/C10H15BrFN3/c1-3-15(2)5-4-13-10-9(12)6-8(11)7-14-10/h6-7H,3-5H2,1-2H3,(H,13,14). The minimum Gasteiger partial charge on any atom is -0.366 e. The highest BCUT2D eigenvalue weighted by Gasteiger charge is 2.03. The van der Waals surface area contributed by atoms with E-state index < -0.39 is 0 Å². The number of likely N-dealkylation sites (N-methyl/N-ethyl adjacent to an activating group) is 1. The van der Waals surface area contributed by atoms with Gasteiger partial charge in [-0.2, -0.15) is 0 Å². The summed E-state index contributed by atoms with van der Waals surface area (Å²) in [6, 6.07) is 1.40. The van der Waals surface area contributed by atoms with Crippen molar-refractivity contribution in [3.8, 4) is 0 Å². The zero-order valence-electron chi connectivity index (χ0n) is 8.93. The molecule has 0 unspecified atom stereocenters. The summed E-state index contributed by atoms with van der Waals surface area (Å²) in [6.45, 7) is 4.62. The molecule has 15 heavy (non-hydrogen) atoms. The average Bonchev–Trinajstić information content (AvgIpc) is 2.21. The minimum absolute atomic E-state index is 0.308. The second-order valence-corrected chi connectivity index (χ2v) is 4.22. The number of nitrogens with one attached hydrogen (secondary N) is 1. The summed E-state index contributed by atoms with van der Waals surface area (Å²) in [4.78, 5) is 6.09. The smallest absolute Gasteiger partial charge is 0.166 e. The van der Waals surface area contributed by atoms with E-state index in [9.17, 15) is 4.39 Å². The molecule has 1 aromatic rings. The Morgan fingerprint density at radius 1 is 1.60 bits per heavy atom. The summed E-state index contributed by atoms with van der Waals surface area (Å²) in [5.41, 5.74) is 0. The van der Waals surface area contributed by atoms with E-state index in [4.69, 9.17) is 0 Å². The molecule has 0 aliphatic heterocycles. The Morgan fingerprint density at radius 3 is 2.93 bits per heavy atom. The van der Waals surface area contributed by atoms with E-state index in [0.717, 1.165) is 13.1 Å². The zero-order chi connectivity index (χ0) is 11.3. The van der Waals surface area contributed by atoms with Crippen molar-refractivity contribution in [2.24, 2.45) is 0 Å². The van der Waals surface area contributed by atoms with Crippen molar-refractivity contribution in [2.75, 3.05) is 32.0 Å². The van der Waals surface area contributed by atoms with Gasteiger partial charge in [0.1, 0.15) is 0 Å². The van der Waals surface area contributed by atoms with Crippen molar-refractivity contribution in [1.29, 1.82) is 0 Å². The van der Waals surface area contributed by atoms with E-state index in [0.29, 0.717) is 16.8 Å². The second kappa shape index (κ2) is 6.02. The van der Waals surface area contributed by atoms with Gasteiger partial charge in [0.25, 0.3) is 0 Å². The third-order valence-corrected chi connectivity index (χ3v) is 2.57. The van der Waals surface area contributed by atoms with Gasteiger partial charge < -0.3 is 10.2 Å². The molecular weight excluding hydrogens is 261 g/mol. The molecule has 5 heteroatoms. The van der Waals surface area contributed by atoms with E-state index in [1.54, 1.807) is 6.20 Å². The molecule has 1 N–H and O–H groups in total. The lowest BCUT2D eigenvalue weighted by atomic mass is 10.4. The highest BCUT2D eigenvalue weighted by Crippen LogP contribution is 2.15. The third kappa shape index (κ3) is 4.13. The quantitative estimate of drug-likeness (QED) is 0.894. The molecule has 0 radical (unpaired) electrons. The number of hydrogen-bond donors (Lipinski definition) is 1. The maximum Gasteiger partial charge on any atom is 0.166 e. The van der Waals surface area contributed by atoms with Crippen molar-refractivity contribution < 1.29 is 4.39 Å². The van der Waals surface area contributed by atoms with Crippen molar-refractivity contribution in [3.05, 3.63) is 22.6 Å². The first kappa shape index (κ1) is 12.4. The average molecular weight is 276 g/mol. The zero-order valence-corrected chi connectivity index (χ0v) is 10.5. The molecule has 0 aromatic carbocycles. The van der Waals surface area contributed by atoms with Crippen LogP contribution in [0, 0.1) is 5.82 Å². The van der Waals surface area contributed by atoms with Crippen LogP contribution in [-0.4, -0.2) is 36.6 Å². The van der Waals surface area contributed by atoms with Crippen LogP contribution in [0.4, 0.5) is 10.2 Å². The molecule has 0 amide bonds. The predicted octanol–water partition coefficient (Wildman–Crippen LogP) is 2.35. The monoisotopic (exact) mass is 275 g/mol. The lowest BCUT2D eigenvalue weighted by Crippen LogP contribution is -2.25. The Labute approximate surface area is 97.8 Å². The second-order valence-electron chi connectivity index (χ2n) is 3.31. The fourth-order valence-corrected chi connectivity index (χ4v) is 1.37. The maximum absolute atomic E-state index is 13.3. The van der Waals surface area contributed by atoms with Crippen molar-refractivity contribution in [2.45, 2.75) is 6.92 Å². The number of aromatic nitrogens is 1. The fourth-order valence-electron chi connectivity index (χ4n) is 1.07. The molecular formula is C10H15BrFN3. The van der Waals surface area contributed by atoms with Crippen LogP contribution in [0.3, 0.4) is 0 Å². The van der Waals surface area contributed by atoms with Crippen LogP contribution in [0.25, 0.3) is 0 Å². The normalized spacial score (nSPS) is 10.7. The lowest BCUT2D eigenvalue weighted by Gasteiger charge is -2.14. The van der Waals surface area contributed by atoms with Gasteiger partial charge in [-0.05, 0) is 35.6 Å². The van der Waals surface area contributed by atoms with Gasteiger partial charge in [-0.3, -0.25) is 0 Å². The fraction of sp³-hybridized carbons (Fsp3) is 0.500. The highest BCUT2D eigenvalue weighted by atomic mass is 79.9. The number of hydrogen-bond acceptors (Lipinski definition) is 3. The van der Waals surface area contributed by atoms with E-state index in [1.165, 1.54) is 6.07 Å². The van der Waals surface area contributed by atoms with Gasteiger partial charge in [-0.25, -0.2) is 9.37 Å². The largest absolute Gasteiger partial charge is 0.366 e. The first-order chi connectivity index (χ1) is 7.13. The molecule has 0 fully saturated rings. The van der Waals surface area contributed by atoms with Gasteiger partial charge in [0.2, 0.25) is 0 Å². The topological polar surface area (TPSA) is 28.2 Å². The number of anilines is 1. The van der Waals surface area contributed by atoms with Crippen LogP contribution in [-0.2, 0) is 0 Å². The summed E-state index contributed by atoms with van der Waals surface area (Å²) in [5, 5.41) is 2.96. The highest BCUT2D eigenvalue weighted by molar-refractivity contribution is 9.10. The molecule has 0 bridgehead atoms. The van der Waals surface area contributed by atoms with Gasteiger partial charge in [-0.15, -0.1) is 0 Å². The molecule has 0 atom stereocenters. The first-order valence-corrected chi connectivity index (χ1v) is 5.66. The molecule has 1 heterocycles. The van der Waals surface area contributed by atoms with Gasteiger partial charge in [0, 0.05) is 23.8 Å². The van der Waals surface area contributed by atoms with Crippen LogP contribution in [0.1, 0.15) is 6.92 Å². The third-order valence-electron chi connectivity index (χ3n) is 2.13. The van der Waals surface area contributed by atoms with Crippen LogP contribution in [0.15, 0.2) is 16.7 Å². The van der Waals surface area contributed by atoms with E-state index in [-0.39, 0.29) is 5.82 Å². The summed E-state index contributed by atoms with van der Waals surface area (Å²) < 4.78 is 13.9. The molecule has 0 spiro atoms. The number of halogens is 2. The van der Waals surface area contributed by atoms with E-state index in [1.807, 2.05) is 7.05 Å². The van der Waals surface area contributed by atoms with Crippen molar-refractivity contribution in [3.63, 3.8) is 0 Å². The van der Waals surface area contributed by atoms with E-state index in [2.05, 4.69) is 38.1 Å². The van der Waals surface area contributed by atoms with Crippen LogP contribution < -0.4 is 5.32 Å². The first-order valence-electron chi connectivity index (χ1n) is 4.87. The van der Waals surface area contributed by atoms with Crippen LogP contribution in [0.2, 0.25) is 0 Å². The molecule has 0 aliphatic carbocycles. The van der Waals surface area contributed by atoms with Crippen LogP contribution >= 0.6 is 15.9 Å². The Bertz CT molecular complexity index is 320. The summed E-state index contributed by atoms with van der Waals surface area (Å²) in [5.74, 6) is -0.0220. The molecule has 84 valence electrons. The molecule has 3 nitrogen and oxygen atoms in total. The Balaban J connectivity index is 2.44. The Kier molecular flexibility index (Phi) is 4.98. The van der Waals surface area contributed by atoms with Gasteiger partial charge in [-0.1, -0.05) is 6.92 Å². The molecule has 0 saturated heterocycles. The maximum atomic E-state index is 13.3. The van der Waals surface area contributed by atoms with Crippen molar-refractivity contribution in [1.82, 2.24) is 9.88 Å². The number of pyridine rings is 1. The van der Waals surface area contributed by atoms with Crippen molar-refractivity contribution >= 4 is 21.7 Å². The SMILES string of the molecule is CCN(C)CCNc1ncc(Br)cc1F. The summed E-state index contributed by atoms with van der Waals surface area (Å²) in [7, 11) is 2.02. The molecule has 0 aliphatic rings. The van der Waals surface area contributed by atoms with Gasteiger partial charge in [0.05, 0.1) is 0 Å². The summed E-state index contributed by atoms with van der Waals surface area (Å²) >= 11 is 3.16.